The number of hydrogen-bond donors (Lipinski definition) is 1. The lowest BCUT2D eigenvalue weighted by Gasteiger charge is -2.25. The summed E-state index contributed by atoms with van der Waals surface area (Å²) in [5.41, 5.74) is 2.79. The summed E-state index contributed by atoms with van der Waals surface area (Å²) in [5.74, 6) is 1.36. The fourth-order valence-corrected chi connectivity index (χ4v) is 3.60. The SMILES string of the molecule is CCCOc1ccccc1[C@H]1CC(=O)Nc2c1cnn2-c1cccc(Cl)c1. The predicted molar refractivity (Wildman–Crippen MR) is 106 cm³/mol. The normalized spacial score (nSPS) is 15.9. The van der Waals surface area contributed by atoms with Crippen molar-refractivity contribution < 1.29 is 9.53 Å². The molecule has 6 heteroatoms. The largest absolute Gasteiger partial charge is 0.493 e. The molecule has 1 aliphatic heterocycles. The Morgan fingerprint density at radius 3 is 2.89 bits per heavy atom. The first-order chi connectivity index (χ1) is 13.2. The van der Waals surface area contributed by atoms with Gasteiger partial charge in [-0.3, -0.25) is 4.79 Å². The van der Waals surface area contributed by atoms with Crippen molar-refractivity contribution in [3.8, 4) is 11.4 Å². The zero-order valence-corrected chi connectivity index (χ0v) is 15.7. The van der Waals surface area contributed by atoms with Crippen LogP contribution in [0.1, 0.15) is 36.8 Å². The minimum absolute atomic E-state index is 0.0402. The monoisotopic (exact) mass is 381 g/mol. The number of halogens is 1. The van der Waals surface area contributed by atoms with Crippen LogP contribution in [0.25, 0.3) is 5.69 Å². The second-order valence-corrected chi connectivity index (χ2v) is 6.97. The van der Waals surface area contributed by atoms with E-state index < -0.39 is 0 Å². The molecule has 2 aromatic carbocycles. The maximum absolute atomic E-state index is 12.5. The Hall–Kier alpha value is -2.79. The zero-order chi connectivity index (χ0) is 18.8. The standard InChI is InChI=1S/C21H20ClN3O2/c1-2-10-27-19-9-4-3-8-16(19)17-12-20(26)24-21-18(17)13-23-25(21)15-7-5-6-14(22)11-15/h3-9,11,13,17H,2,10,12H2,1H3,(H,24,26)/t17-/m1/s1. The molecule has 2 heterocycles. The number of fused-ring (bicyclic) bond motifs is 1. The molecule has 0 saturated heterocycles. The molecule has 1 atom stereocenters. The summed E-state index contributed by atoms with van der Waals surface area (Å²) in [4.78, 5) is 12.5. The minimum atomic E-state index is -0.102. The maximum atomic E-state index is 12.5. The van der Waals surface area contributed by atoms with Crippen molar-refractivity contribution in [1.82, 2.24) is 9.78 Å². The van der Waals surface area contributed by atoms with E-state index in [2.05, 4.69) is 17.3 Å². The Balaban J connectivity index is 1.78. The van der Waals surface area contributed by atoms with Crippen LogP contribution in [0.15, 0.2) is 54.7 Å². The van der Waals surface area contributed by atoms with Gasteiger partial charge in [-0.1, -0.05) is 42.8 Å². The Kier molecular flexibility index (Phi) is 4.86. The van der Waals surface area contributed by atoms with Crippen LogP contribution < -0.4 is 10.1 Å². The fourth-order valence-electron chi connectivity index (χ4n) is 3.41. The molecule has 0 spiro atoms. The van der Waals surface area contributed by atoms with Crippen molar-refractivity contribution in [3.05, 3.63) is 70.9 Å². The van der Waals surface area contributed by atoms with Gasteiger partial charge in [-0.15, -0.1) is 0 Å². The molecular weight excluding hydrogens is 362 g/mol. The molecule has 5 nitrogen and oxygen atoms in total. The van der Waals surface area contributed by atoms with E-state index in [4.69, 9.17) is 16.3 Å². The van der Waals surface area contributed by atoms with Crippen molar-refractivity contribution in [3.63, 3.8) is 0 Å². The molecule has 0 bridgehead atoms. The van der Waals surface area contributed by atoms with Gasteiger partial charge in [0.15, 0.2) is 0 Å². The van der Waals surface area contributed by atoms with E-state index in [0.717, 1.165) is 29.0 Å². The molecular formula is C21H20ClN3O2. The second-order valence-electron chi connectivity index (χ2n) is 6.53. The van der Waals surface area contributed by atoms with E-state index in [1.54, 1.807) is 4.68 Å². The highest BCUT2D eigenvalue weighted by molar-refractivity contribution is 6.30. The van der Waals surface area contributed by atoms with E-state index in [1.807, 2.05) is 54.7 Å². The molecule has 1 aromatic heterocycles. The van der Waals surface area contributed by atoms with Gasteiger partial charge in [0.2, 0.25) is 5.91 Å². The summed E-state index contributed by atoms with van der Waals surface area (Å²) in [7, 11) is 0. The lowest BCUT2D eigenvalue weighted by Crippen LogP contribution is -2.25. The number of nitrogens with zero attached hydrogens (tertiary/aromatic N) is 2. The van der Waals surface area contributed by atoms with Crippen molar-refractivity contribution in [2.75, 3.05) is 11.9 Å². The Labute approximate surface area is 162 Å². The van der Waals surface area contributed by atoms with Gasteiger partial charge in [0, 0.05) is 28.5 Å². The van der Waals surface area contributed by atoms with Crippen LogP contribution in [0.2, 0.25) is 5.02 Å². The molecule has 4 rings (SSSR count). The van der Waals surface area contributed by atoms with E-state index in [-0.39, 0.29) is 11.8 Å². The first-order valence-corrected chi connectivity index (χ1v) is 9.40. The summed E-state index contributed by atoms with van der Waals surface area (Å²) in [6, 6.07) is 15.3. The Morgan fingerprint density at radius 2 is 2.07 bits per heavy atom. The molecule has 27 heavy (non-hydrogen) atoms. The zero-order valence-electron chi connectivity index (χ0n) is 15.0. The third kappa shape index (κ3) is 3.43. The van der Waals surface area contributed by atoms with Crippen molar-refractivity contribution >= 4 is 23.3 Å². The van der Waals surface area contributed by atoms with E-state index >= 15 is 0 Å². The average Bonchev–Trinajstić information content (AvgIpc) is 3.09. The summed E-state index contributed by atoms with van der Waals surface area (Å²) >= 11 is 6.12. The van der Waals surface area contributed by atoms with Crippen LogP contribution in [-0.2, 0) is 4.79 Å². The van der Waals surface area contributed by atoms with Gasteiger partial charge in [-0.25, -0.2) is 4.68 Å². The molecule has 0 fully saturated rings. The topological polar surface area (TPSA) is 56.1 Å². The van der Waals surface area contributed by atoms with Gasteiger partial charge < -0.3 is 10.1 Å². The number of aromatic nitrogens is 2. The van der Waals surface area contributed by atoms with Gasteiger partial charge in [-0.2, -0.15) is 5.10 Å². The van der Waals surface area contributed by atoms with Crippen molar-refractivity contribution in [1.29, 1.82) is 0 Å². The lowest BCUT2D eigenvalue weighted by molar-refractivity contribution is -0.116. The number of amides is 1. The average molecular weight is 382 g/mol. The molecule has 3 aromatic rings. The molecule has 0 unspecified atom stereocenters. The number of para-hydroxylation sites is 1. The highest BCUT2D eigenvalue weighted by Gasteiger charge is 2.32. The molecule has 138 valence electrons. The van der Waals surface area contributed by atoms with Gasteiger partial charge in [0.1, 0.15) is 11.6 Å². The smallest absolute Gasteiger partial charge is 0.226 e. The summed E-state index contributed by atoms with van der Waals surface area (Å²) < 4.78 is 7.64. The number of benzene rings is 2. The summed E-state index contributed by atoms with van der Waals surface area (Å²) in [6.45, 7) is 2.72. The van der Waals surface area contributed by atoms with Crippen LogP contribution in [0.3, 0.4) is 0 Å². The van der Waals surface area contributed by atoms with Crippen LogP contribution in [0.4, 0.5) is 5.82 Å². The van der Waals surface area contributed by atoms with Gasteiger partial charge >= 0.3 is 0 Å². The Bertz CT molecular complexity index is 983. The third-order valence-electron chi connectivity index (χ3n) is 4.63. The van der Waals surface area contributed by atoms with Gasteiger partial charge in [0.05, 0.1) is 18.5 Å². The molecule has 0 aliphatic carbocycles. The second kappa shape index (κ2) is 7.45. The highest BCUT2D eigenvalue weighted by Crippen LogP contribution is 2.41. The molecule has 0 saturated carbocycles. The number of ether oxygens (including phenoxy) is 1. The maximum Gasteiger partial charge on any atom is 0.226 e. The first kappa shape index (κ1) is 17.6. The van der Waals surface area contributed by atoms with Gasteiger partial charge in [0.25, 0.3) is 0 Å². The highest BCUT2D eigenvalue weighted by atomic mass is 35.5. The number of carbonyl (C=O) groups is 1. The number of nitrogens with one attached hydrogen (secondary N) is 1. The van der Waals surface area contributed by atoms with Gasteiger partial charge in [-0.05, 0) is 30.7 Å². The number of hydrogen-bond acceptors (Lipinski definition) is 3. The van der Waals surface area contributed by atoms with E-state index in [1.165, 1.54) is 0 Å². The Morgan fingerprint density at radius 1 is 1.22 bits per heavy atom. The van der Waals surface area contributed by atoms with E-state index in [9.17, 15) is 4.79 Å². The number of anilines is 1. The number of carbonyl (C=O) groups excluding carboxylic acids is 1. The minimum Gasteiger partial charge on any atom is -0.493 e. The molecule has 1 N–H and O–H groups in total. The van der Waals surface area contributed by atoms with Crippen molar-refractivity contribution in [2.45, 2.75) is 25.7 Å². The fraction of sp³-hybridized carbons (Fsp3) is 0.238. The molecule has 1 aliphatic rings. The lowest BCUT2D eigenvalue weighted by atomic mass is 9.87. The van der Waals surface area contributed by atoms with Crippen LogP contribution in [0, 0.1) is 0 Å². The quantitative estimate of drug-likeness (QED) is 0.691. The number of rotatable bonds is 5. The van der Waals surface area contributed by atoms with Crippen LogP contribution in [0.5, 0.6) is 5.75 Å². The predicted octanol–water partition coefficient (Wildman–Crippen LogP) is 4.79. The van der Waals surface area contributed by atoms with Crippen molar-refractivity contribution in [2.24, 2.45) is 0 Å². The molecule has 1 amide bonds. The van der Waals surface area contributed by atoms with Crippen LogP contribution >= 0.6 is 11.6 Å². The molecule has 0 radical (unpaired) electrons. The van der Waals surface area contributed by atoms with Crippen LogP contribution in [-0.4, -0.2) is 22.3 Å². The summed E-state index contributed by atoms with van der Waals surface area (Å²) in [5, 5.41) is 8.10. The summed E-state index contributed by atoms with van der Waals surface area (Å²) in [6.07, 6.45) is 3.11. The van der Waals surface area contributed by atoms with E-state index in [0.29, 0.717) is 23.9 Å². The third-order valence-corrected chi connectivity index (χ3v) is 4.86. The first-order valence-electron chi connectivity index (χ1n) is 9.02.